The van der Waals surface area contributed by atoms with E-state index < -0.39 is 0 Å². The minimum Gasteiger partial charge on any atom is -0.383 e. The largest absolute Gasteiger partial charge is 0.383 e. The lowest BCUT2D eigenvalue weighted by atomic mass is 10.3. The molecule has 1 heterocycles. The molecule has 5 heteroatoms. The molecule has 1 amide bonds. The number of methoxy groups -OCH3 is 1. The van der Waals surface area contributed by atoms with Crippen LogP contribution in [0.3, 0.4) is 0 Å². The maximum absolute atomic E-state index is 10.6. The summed E-state index contributed by atoms with van der Waals surface area (Å²) in [5.74, 6) is -0.270. The van der Waals surface area contributed by atoms with Gasteiger partial charge < -0.3 is 20.4 Å². The van der Waals surface area contributed by atoms with Crippen LogP contribution in [0.15, 0.2) is 18.5 Å². The number of carbonyl (C=O) groups excluding carboxylic acids is 1. The van der Waals surface area contributed by atoms with Crippen LogP contribution >= 0.6 is 0 Å². The van der Waals surface area contributed by atoms with Crippen molar-refractivity contribution >= 4 is 5.91 Å². The van der Waals surface area contributed by atoms with Gasteiger partial charge >= 0.3 is 0 Å². The summed E-state index contributed by atoms with van der Waals surface area (Å²) in [4.78, 5) is 10.6. The molecule has 1 rings (SSSR count). The zero-order valence-corrected chi connectivity index (χ0v) is 9.61. The first-order valence-corrected chi connectivity index (χ1v) is 5.35. The molecule has 1 aromatic rings. The molecular weight excluding hydrogens is 206 g/mol. The summed E-state index contributed by atoms with van der Waals surface area (Å²) in [6.45, 7) is 3.01. The van der Waals surface area contributed by atoms with Crippen molar-refractivity contribution in [1.29, 1.82) is 0 Å². The fourth-order valence-electron chi connectivity index (χ4n) is 1.38. The number of primary amides is 1. The van der Waals surface area contributed by atoms with E-state index in [1.807, 2.05) is 23.0 Å². The second-order valence-electron chi connectivity index (χ2n) is 3.64. The molecule has 0 aromatic carbocycles. The molecule has 0 saturated carbocycles. The van der Waals surface area contributed by atoms with Crippen LogP contribution in [0.25, 0.3) is 0 Å². The third kappa shape index (κ3) is 4.95. The molecule has 0 atom stereocenters. The summed E-state index contributed by atoms with van der Waals surface area (Å²) in [7, 11) is 1.68. The van der Waals surface area contributed by atoms with Crippen molar-refractivity contribution in [2.24, 2.45) is 5.73 Å². The van der Waals surface area contributed by atoms with Crippen LogP contribution in [0.2, 0.25) is 0 Å². The smallest absolute Gasteiger partial charge is 0.219 e. The molecule has 3 N–H and O–H groups in total. The maximum Gasteiger partial charge on any atom is 0.219 e. The Balaban J connectivity index is 2.25. The van der Waals surface area contributed by atoms with E-state index in [1.165, 1.54) is 5.56 Å². The second kappa shape index (κ2) is 7.03. The average molecular weight is 225 g/mol. The van der Waals surface area contributed by atoms with Crippen molar-refractivity contribution in [3.63, 3.8) is 0 Å². The number of amides is 1. The van der Waals surface area contributed by atoms with Gasteiger partial charge in [0.05, 0.1) is 6.61 Å². The number of aryl methyl sites for hydroxylation is 1. The molecule has 16 heavy (non-hydrogen) atoms. The number of nitrogens with zero attached hydrogens (tertiary/aromatic N) is 1. The van der Waals surface area contributed by atoms with E-state index in [1.54, 1.807) is 7.11 Å². The Morgan fingerprint density at radius 1 is 1.62 bits per heavy atom. The van der Waals surface area contributed by atoms with E-state index in [2.05, 4.69) is 5.32 Å². The lowest BCUT2D eigenvalue weighted by Gasteiger charge is -2.02. The predicted octanol–water partition coefficient (Wildman–Crippen LogP) is 0.0995. The lowest BCUT2D eigenvalue weighted by molar-refractivity contribution is -0.118. The van der Waals surface area contributed by atoms with Gasteiger partial charge in [-0.2, -0.15) is 0 Å². The Hall–Kier alpha value is -1.33. The van der Waals surface area contributed by atoms with Crippen molar-refractivity contribution < 1.29 is 9.53 Å². The summed E-state index contributed by atoms with van der Waals surface area (Å²) in [6, 6.07) is 2.03. The molecule has 0 saturated heterocycles. The van der Waals surface area contributed by atoms with Gasteiger partial charge in [0.25, 0.3) is 0 Å². The Labute approximate surface area is 95.6 Å². The van der Waals surface area contributed by atoms with Gasteiger partial charge in [-0.3, -0.25) is 4.79 Å². The Bertz CT molecular complexity index is 323. The van der Waals surface area contributed by atoms with E-state index in [0.29, 0.717) is 19.6 Å². The van der Waals surface area contributed by atoms with E-state index in [9.17, 15) is 4.79 Å². The number of nitrogens with two attached hydrogens (primary N) is 1. The SMILES string of the molecule is COCCNCc1ccn(CCC(N)=O)c1. The number of ether oxygens (including phenoxy) is 1. The first kappa shape index (κ1) is 12.7. The van der Waals surface area contributed by atoms with Crippen LogP contribution in [0.5, 0.6) is 0 Å². The number of hydrogen-bond donors (Lipinski definition) is 2. The van der Waals surface area contributed by atoms with Gasteiger partial charge in [-0.1, -0.05) is 0 Å². The monoisotopic (exact) mass is 225 g/mol. The molecule has 0 radical (unpaired) electrons. The third-order valence-electron chi connectivity index (χ3n) is 2.24. The second-order valence-corrected chi connectivity index (χ2v) is 3.64. The van der Waals surface area contributed by atoms with Gasteiger partial charge in [-0.15, -0.1) is 0 Å². The number of rotatable bonds is 8. The van der Waals surface area contributed by atoms with E-state index in [-0.39, 0.29) is 5.91 Å². The lowest BCUT2D eigenvalue weighted by Crippen LogP contribution is -2.18. The highest BCUT2D eigenvalue weighted by molar-refractivity contribution is 5.73. The topological polar surface area (TPSA) is 69.3 Å². The van der Waals surface area contributed by atoms with Crippen molar-refractivity contribution in [1.82, 2.24) is 9.88 Å². The Morgan fingerprint density at radius 3 is 3.12 bits per heavy atom. The highest BCUT2D eigenvalue weighted by Crippen LogP contribution is 2.01. The minimum absolute atomic E-state index is 0.270. The molecule has 90 valence electrons. The van der Waals surface area contributed by atoms with E-state index in [0.717, 1.165) is 13.1 Å². The first-order chi connectivity index (χ1) is 7.72. The molecule has 0 bridgehead atoms. The summed E-state index contributed by atoms with van der Waals surface area (Å²) in [6.07, 6.45) is 4.35. The van der Waals surface area contributed by atoms with Crippen LogP contribution < -0.4 is 11.1 Å². The zero-order chi connectivity index (χ0) is 11.8. The number of nitrogens with one attached hydrogen (secondary N) is 1. The fourth-order valence-corrected chi connectivity index (χ4v) is 1.38. The average Bonchev–Trinajstić information content (AvgIpc) is 2.70. The van der Waals surface area contributed by atoms with Gasteiger partial charge in [-0.05, 0) is 11.6 Å². The van der Waals surface area contributed by atoms with Crippen LogP contribution in [-0.2, 0) is 22.6 Å². The van der Waals surface area contributed by atoms with Crippen LogP contribution in [0.4, 0.5) is 0 Å². The number of hydrogen-bond acceptors (Lipinski definition) is 3. The molecule has 1 aromatic heterocycles. The van der Waals surface area contributed by atoms with Crippen molar-refractivity contribution in [3.05, 3.63) is 24.0 Å². The highest BCUT2D eigenvalue weighted by Gasteiger charge is 1.98. The van der Waals surface area contributed by atoms with Gasteiger partial charge in [-0.25, -0.2) is 0 Å². The zero-order valence-electron chi connectivity index (χ0n) is 9.61. The normalized spacial score (nSPS) is 10.6. The van der Waals surface area contributed by atoms with Crippen LogP contribution in [0, 0.1) is 0 Å². The predicted molar refractivity (Wildman–Crippen MR) is 61.8 cm³/mol. The standard InChI is InChI=1S/C11H19N3O2/c1-16-7-4-13-8-10-2-5-14(9-10)6-3-11(12)15/h2,5,9,13H,3-4,6-8H2,1H3,(H2,12,15). The quantitative estimate of drug-likeness (QED) is 0.616. The van der Waals surface area contributed by atoms with E-state index >= 15 is 0 Å². The maximum atomic E-state index is 10.6. The number of carbonyl (C=O) groups is 1. The fraction of sp³-hybridized carbons (Fsp3) is 0.545. The van der Waals surface area contributed by atoms with Crippen molar-refractivity contribution in [3.8, 4) is 0 Å². The summed E-state index contributed by atoms with van der Waals surface area (Å²) >= 11 is 0. The van der Waals surface area contributed by atoms with Crippen molar-refractivity contribution in [2.75, 3.05) is 20.3 Å². The molecule has 0 aliphatic heterocycles. The third-order valence-corrected chi connectivity index (χ3v) is 2.24. The van der Waals surface area contributed by atoms with Crippen LogP contribution in [-0.4, -0.2) is 30.7 Å². The molecule has 0 unspecified atom stereocenters. The molecule has 0 aliphatic carbocycles. The minimum atomic E-state index is -0.270. The molecule has 0 fully saturated rings. The molecule has 0 aliphatic rings. The van der Waals surface area contributed by atoms with Gasteiger partial charge in [0.15, 0.2) is 0 Å². The highest BCUT2D eigenvalue weighted by atomic mass is 16.5. The Kier molecular flexibility index (Phi) is 5.60. The van der Waals surface area contributed by atoms with Gasteiger partial charge in [0, 0.05) is 45.6 Å². The molecular formula is C11H19N3O2. The number of aromatic nitrogens is 1. The summed E-state index contributed by atoms with van der Waals surface area (Å²) < 4.78 is 6.90. The first-order valence-electron chi connectivity index (χ1n) is 5.35. The van der Waals surface area contributed by atoms with Crippen LogP contribution in [0.1, 0.15) is 12.0 Å². The molecule has 5 nitrogen and oxygen atoms in total. The van der Waals surface area contributed by atoms with Crippen molar-refractivity contribution in [2.45, 2.75) is 19.5 Å². The van der Waals surface area contributed by atoms with Gasteiger partial charge in [0.1, 0.15) is 0 Å². The summed E-state index contributed by atoms with van der Waals surface area (Å²) in [5.41, 5.74) is 6.28. The summed E-state index contributed by atoms with van der Waals surface area (Å²) in [5, 5.41) is 3.25. The van der Waals surface area contributed by atoms with E-state index in [4.69, 9.17) is 10.5 Å². The van der Waals surface area contributed by atoms with Gasteiger partial charge in [0.2, 0.25) is 5.91 Å². The molecule has 0 spiro atoms. The Morgan fingerprint density at radius 2 is 2.44 bits per heavy atom.